The van der Waals surface area contributed by atoms with Gasteiger partial charge in [0.05, 0.1) is 10.6 Å². The van der Waals surface area contributed by atoms with Crippen molar-refractivity contribution in [3.05, 3.63) is 33.8 Å². The Morgan fingerprint density at radius 2 is 1.87 bits per heavy atom. The number of carbonyl (C=O) groups excluding carboxylic acids is 2. The van der Waals surface area contributed by atoms with E-state index in [1.54, 1.807) is 6.07 Å². The largest absolute Gasteiger partial charge is 0.274 e. The zero-order valence-corrected chi connectivity index (χ0v) is 9.32. The number of benzene rings is 1. The molecule has 6 heteroatoms. The van der Waals surface area contributed by atoms with E-state index in [0.29, 0.717) is 5.02 Å². The highest BCUT2D eigenvalue weighted by Gasteiger charge is 2.10. The maximum Gasteiger partial charge on any atom is 0.271 e. The number of hydrazine groups is 1. The quantitative estimate of drug-likeness (QED) is 0.743. The van der Waals surface area contributed by atoms with Gasteiger partial charge in [-0.2, -0.15) is 0 Å². The third-order valence-electron chi connectivity index (χ3n) is 1.53. The van der Waals surface area contributed by atoms with Crippen molar-refractivity contribution in [3.63, 3.8) is 0 Å². The fourth-order valence-corrected chi connectivity index (χ4v) is 1.26. The Morgan fingerprint density at radius 1 is 1.20 bits per heavy atom. The Hall–Kier alpha value is -1.26. The lowest BCUT2D eigenvalue weighted by molar-refractivity contribution is -0.119. The summed E-state index contributed by atoms with van der Waals surface area (Å²) >= 11 is 11.5. The van der Waals surface area contributed by atoms with Gasteiger partial charge in [-0.3, -0.25) is 20.4 Å². The zero-order valence-electron chi connectivity index (χ0n) is 7.80. The van der Waals surface area contributed by atoms with Crippen LogP contribution in [-0.4, -0.2) is 11.8 Å². The highest BCUT2D eigenvalue weighted by atomic mass is 35.5. The number of halogens is 2. The summed E-state index contributed by atoms with van der Waals surface area (Å²) in [5.74, 6) is -0.890. The number of hydrogen-bond donors (Lipinski definition) is 2. The topological polar surface area (TPSA) is 58.2 Å². The van der Waals surface area contributed by atoms with Crippen LogP contribution in [0.5, 0.6) is 0 Å². The van der Waals surface area contributed by atoms with Gasteiger partial charge in [0.2, 0.25) is 5.91 Å². The van der Waals surface area contributed by atoms with Crippen LogP contribution in [0, 0.1) is 0 Å². The summed E-state index contributed by atoms with van der Waals surface area (Å²) in [6, 6.07) is 4.49. The lowest BCUT2D eigenvalue weighted by Crippen LogP contribution is -2.40. The van der Waals surface area contributed by atoms with Crippen LogP contribution in [0.1, 0.15) is 17.3 Å². The van der Waals surface area contributed by atoms with E-state index in [4.69, 9.17) is 23.2 Å². The standard InChI is InChI=1S/C9H8Cl2N2O2/c1-5(14)12-13-9(15)7-4-6(10)2-3-8(7)11/h2-4H,1H3,(H,12,14)(H,13,15). The van der Waals surface area contributed by atoms with Crippen molar-refractivity contribution in [2.24, 2.45) is 0 Å². The van der Waals surface area contributed by atoms with Gasteiger partial charge in [-0.15, -0.1) is 0 Å². The summed E-state index contributed by atoms with van der Waals surface area (Å²) in [7, 11) is 0. The molecule has 0 aliphatic heterocycles. The van der Waals surface area contributed by atoms with Gasteiger partial charge in [-0.1, -0.05) is 23.2 Å². The minimum atomic E-state index is -0.516. The van der Waals surface area contributed by atoms with E-state index >= 15 is 0 Å². The van der Waals surface area contributed by atoms with Crippen molar-refractivity contribution in [1.82, 2.24) is 10.9 Å². The molecule has 15 heavy (non-hydrogen) atoms. The molecule has 80 valence electrons. The first-order valence-electron chi connectivity index (χ1n) is 4.02. The molecule has 0 heterocycles. The second-order valence-electron chi connectivity index (χ2n) is 2.76. The molecule has 0 bridgehead atoms. The third-order valence-corrected chi connectivity index (χ3v) is 2.09. The Bertz CT molecular complexity index is 407. The summed E-state index contributed by atoms with van der Waals surface area (Å²) in [4.78, 5) is 22.0. The SMILES string of the molecule is CC(=O)NNC(=O)c1cc(Cl)ccc1Cl. The Kier molecular flexibility index (Phi) is 3.94. The van der Waals surface area contributed by atoms with Gasteiger partial charge in [-0.25, -0.2) is 0 Å². The zero-order chi connectivity index (χ0) is 11.4. The molecule has 0 saturated heterocycles. The van der Waals surface area contributed by atoms with Gasteiger partial charge in [0.15, 0.2) is 0 Å². The average molecular weight is 247 g/mol. The van der Waals surface area contributed by atoms with Crippen LogP contribution in [0.25, 0.3) is 0 Å². The van der Waals surface area contributed by atoms with Gasteiger partial charge in [0.25, 0.3) is 5.91 Å². The maximum absolute atomic E-state index is 11.5. The van der Waals surface area contributed by atoms with Crippen molar-refractivity contribution in [2.45, 2.75) is 6.92 Å². The van der Waals surface area contributed by atoms with Gasteiger partial charge < -0.3 is 0 Å². The lowest BCUT2D eigenvalue weighted by Gasteiger charge is -2.06. The summed E-state index contributed by atoms with van der Waals surface area (Å²) in [6.07, 6.45) is 0. The first kappa shape index (κ1) is 11.8. The van der Waals surface area contributed by atoms with Crippen LogP contribution in [-0.2, 0) is 4.79 Å². The second-order valence-corrected chi connectivity index (χ2v) is 3.60. The molecule has 2 N–H and O–H groups in total. The van der Waals surface area contributed by atoms with Crippen molar-refractivity contribution < 1.29 is 9.59 Å². The molecule has 0 saturated carbocycles. The van der Waals surface area contributed by atoms with Crippen LogP contribution in [0.4, 0.5) is 0 Å². The molecule has 0 aromatic heterocycles. The van der Waals surface area contributed by atoms with E-state index < -0.39 is 5.91 Å². The van der Waals surface area contributed by atoms with Crippen molar-refractivity contribution in [2.75, 3.05) is 0 Å². The van der Waals surface area contributed by atoms with Crippen LogP contribution in [0.2, 0.25) is 10.0 Å². The maximum atomic E-state index is 11.5. The second kappa shape index (κ2) is 5.00. The number of rotatable bonds is 1. The molecule has 1 aromatic carbocycles. The molecule has 0 fully saturated rings. The predicted molar refractivity (Wildman–Crippen MR) is 57.7 cm³/mol. The highest BCUT2D eigenvalue weighted by Crippen LogP contribution is 2.20. The summed E-state index contributed by atoms with van der Waals surface area (Å²) in [5.41, 5.74) is 4.54. The fourth-order valence-electron chi connectivity index (χ4n) is 0.884. The molecule has 0 spiro atoms. The van der Waals surface area contributed by atoms with E-state index in [2.05, 4.69) is 10.9 Å². The average Bonchev–Trinajstić information content (AvgIpc) is 2.18. The Morgan fingerprint density at radius 3 is 2.47 bits per heavy atom. The smallest absolute Gasteiger partial charge is 0.271 e. The molecule has 0 aliphatic carbocycles. The molecule has 0 radical (unpaired) electrons. The summed E-state index contributed by atoms with van der Waals surface area (Å²) in [5, 5.41) is 0.662. The first-order chi connectivity index (χ1) is 7.00. The van der Waals surface area contributed by atoms with Crippen LogP contribution in [0.3, 0.4) is 0 Å². The number of carbonyl (C=O) groups is 2. The van der Waals surface area contributed by atoms with Crippen LogP contribution in [0.15, 0.2) is 18.2 Å². The van der Waals surface area contributed by atoms with Crippen molar-refractivity contribution >= 4 is 35.0 Å². The molecule has 4 nitrogen and oxygen atoms in total. The van der Waals surface area contributed by atoms with Crippen LogP contribution < -0.4 is 10.9 Å². The molecule has 1 aromatic rings. The van der Waals surface area contributed by atoms with Gasteiger partial charge in [-0.05, 0) is 18.2 Å². The van der Waals surface area contributed by atoms with Crippen molar-refractivity contribution in [3.8, 4) is 0 Å². The molecular formula is C9H8Cl2N2O2. The molecular weight excluding hydrogens is 239 g/mol. The minimum absolute atomic E-state index is 0.206. The summed E-state index contributed by atoms with van der Waals surface area (Å²) < 4.78 is 0. The molecule has 0 atom stereocenters. The third kappa shape index (κ3) is 3.42. The Labute approximate surface area is 96.5 Å². The van der Waals surface area contributed by atoms with Gasteiger partial charge in [0, 0.05) is 11.9 Å². The minimum Gasteiger partial charge on any atom is -0.274 e. The van der Waals surface area contributed by atoms with Crippen molar-refractivity contribution in [1.29, 1.82) is 0 Å². The van der Waals surface area contributed by atoms with Crippen LogP contribution >= 0.6 is 23.2 Å². The van der Waals surface area contributed by atoms with E-state index in [9.17, 15) is 9.59 Å². The highest BCUT2D eigenvalue weighted by molar-refractivity contribution is 6.35. The first-order valence-corrected chi connectivity index (χ1v) is 4.78. The number of amides is 2. The summed E-state index contributed by atoms with van der Waals surface area (Å²) in [6.45, 7) is 1.28. The van der Waals surface area contributed by atoms with Gasteiger partial charge in [0.1, 0.15) is 0 Å². The predicted octanol–water partition coefficient (Wildman–Crippen LogP) is 1.77. The van der Waals surface area contributed by atoms with Gasteiger partial charge >= 0.3 is 0 Å². The Balaban J connectivity index is 2.81. The van der Waals surface area contributed by atoms with E-state index in [-0.39, 0.29) is 16.5 Å². The number of hydrogen-bond acceptors (Lipinski definition) is 2. The number of nitrogens with one attached hydrogen (secondary N) is 2. The molecule has 1 rings (SSSR count). The van der Waals surface area contributed by atoms with E-state index in [1.807, 2.05) is 0 Å². The molecule has 0 unspecified atom stereocenters. The van der Waals surface area contributed by atoms with E-state index in [1.165, 1.54) is 19.1 Å². The fraction of sp³-hybridized carbons (Fsp3) is 0.111. The molecule has 2 amide bonds. The van der Waals surface area contributed by atoms with E-state index in [0.717, 1.165) is 0 Å². The molecule has 0 aliphatic rings. The normalized spacial score (nSPS) is 9.53. The lowest BCUT2D eigenvalue weighted by atomic mass is 10.2. The monoisotopic (exact) mass is 246 g/mol.